The highest BCUT2D eigenvalue weighted by molar-refractivity contribution is 5.91. The maximum Gasteiger partial charge on any atom is 0.334 e. The third-order valence-electron chi connectivity index (χ3n) is 8.60. The molecule has 0 aromatic heterocycles. The van der Waals surface area contributed by atoms with Crippen molar-refractivity contribution in [2.45, 2.75) is 90.3 Å². The van der Waals surface area contributed by atoms with Crippen molar-refractivity contribution in [3.05, 3.63) is 58.7 Å². The van der Waals surface area contributed by atoms with Gasteiger partial charge in [-0.15, -0.1) is 0 Å². The van der Waals surface area contributed by atoms with Crippen molar-refractivity contribution in [2.24, 2.45) is 23.7 Å². The number of hydrogen-bond donors (Lipinski definition) is 3. The van der Waals surface area contributed by atoms with Gasteiger partial charge in [-0.3, -0.25) is 4.79 Å². The topological polar surface area (TPSA) is 113 Å². The number of carbonyl (C=O) groups is 2. The molecule has 7 heteroatoms. The van der Waals surface area contributed by atoms with Gasteiger partial charge < -0.3 is 24.8 Å². The lowest BCUT2D eigenvalue weighted by Gasteiger charge is -2.29. The molecule has 2 aliphatic heterocycles. The third-order valence-corrected chi connectivity index (χ3v) is 8.60. The first-order valence-corrected chi connectivity index (χ1v) is 13.3. The number of rotatable bonds is 2. The summed E-state index contributed by atoms with van der Waals surface area (Å²) in [6.07, 6.45) is 6.81. The van der Waals surface area contributed by atoms with Crippen LogP contribution in [0.25, 0.3) is 0 Å². The summed E-state index contributed by atoms with van der Waals surface area (Å²) in [6, 6.07) is 0. The molecule has 2 fully saturated rings. The van der Waals surface area contributed by atoms with Gasteiger partial charge >= 0.3 is 11.9 Å². The fourth-order valence-corrected chi connectivity index (χ4v) is 6.22. The minimum atomic E-state index is -0.867. The molecule has 37 heavy (non-hydrogen) atoms. The lowest BCUT2D eigenvalue weighted by molar-refractivity contribution is -0.143. The van der Waals surface area contributed by atoms with Crippen molar-refractivity contribution < 1.29 is 34.4 Å². The van der Waals surface area contributed by atoms with Crippen LogP contribution in [0.15, 0.2) is 58.7 Å². The Morgan fingerprint density at radius 3 is 2.16 bits per heavy atom. The maximum atomic E-state index is 13.2. The third kappa shape index (κ3) is 5.84. The van der Waals surface area contributed by atoms with E-state index in [9.17, 15) is 24.9 Å². The number of carbonyl (C=O) groups excluding carboxylic acids is 2. The number of hydrogen-bond acceptors (Lipinski definition) is 7. The standard InChI is InChI=1S/C30H40O7/c1-15-6-8-20(17(3)12-25-27(23(32)10-15)19(5)29(34)36-25)14-21-28-24(33)11-16(2)7-9-22(31)18(4)13-26(28)37-30(21)35/h10-13,20-28,31-33H,5-9,14H2,1-4H3/b15-10+,16-11+,17-12-,18-13-/t20-,21-,22+,23+,24-,25+,26+,27+,28+/m0/s1. The Kier molecular flexibility index (Phi) is 8.26. The van der Waals surface area contributed by atoms with E-state index in [0.717, 1.165) is 28.7 Å². The molecule has 202 valence electrons. The highest BCUT2D eigenvalue weighted by Crippen LogP contribution is 2.42. The molecule has 0 amide bonds. The quantitative estimate of drug-likeness (QED) is 0.294. The van der Waals surface area contributed by atoms with E-state index < -0.39 is 54.2 Å². The predicted octanol–water partition coefficient (Wildman–Crippen LogP) is 3.70. The summed E-state index contributed by atoms with van der Waals surface area (Å²) in [7, 11) is 0. The zero-order chi connectivity index (χ0) is 27.0. The van der Waals surface area contributed by atoms with E-state index >= 15 is 0 Å². The molecule has 0 unspecified atom stereocenters. The van der Waals surface area contributed by atoms with Crippen LogP contribution in [0, 0.1) is 23.7 Å². The van der Waals surface area contributed by atoms with Crippen LogP contribution in [0.2, 0.25) is 0 Å². The Bertz CT molecular complexity index is 1060. The normalized spacial score (nSPS) is 44.9. The highest BCUT2D eigenvalue weighted by Gasteiger charge is 2.48. The first-order valence-electron chi connectivity index (χ1n) is 13.3. The number of fused-ring (bicyclic) bond motifs is 2. The fraction of sp³-hybridized carbons (Fsp3) is 0.600. The van der Waals surface area contributed by atoms with Crippen LogP contribution in [0.3, 0.4) is 0 Å². The Morgan fingerprint density at radius 1 is 0.838 bits per heavy atom. The Morgan fingerprint density at radius 2 is 1.46 bits per heavy atom. The van der Waals surface area contributed by atoms with Crippen LogP contribution in [0.1, 0.15) is 59.8 Å². The molecular weight excluding hydrogens is 472 g/mol. The Hall–Kier alpha value is -2.48. The van der Waals surface area contributed by atoms with E-state index in [2.05, 4.69) is 6.58 Å². The minimum absolute atomic E-state index is 0.0218. The van der Waals surface area contributed by atoms with E-state index in [1.54, 1.807) is 18.2 Å². The summed E-state index contributed by atoms with van der Waals surface area (Å²) < 4.78 is 11.3. The molecule has 2 heterocycles. The maximum absolute atomic E-state index is 13.2. The lowest BCUT2D eigenvalue weighted by atomic mass is 9.75. The zero-order valence-corrected chi connectivity index (χ0v) is 22.2. The summed E-state index contributed by atoms with van der Waals surface area (Å²) in [6.45, 7) is 11.5. The van der Waals surface area contributed by atoms with Gasteiger partial charge in [-0.25, -0.2) is 4.79 Å². The number of aliphatic hydroxyl groups is 3. The van der Waals surface area contributed by atoms with Gasteiger partial charge in [-0.2, -0.15) is 0 Å². The van der Waals surface area contributed by atoms with Crippen molar-refractivity contribution in [3.8, 4) is 0 Å². The molecule has 2 saturated heterocycles. The van der Waals surface area contributed by atoms with E-state index in [0.29, 0.717) is 25.7 Å². The van der Waals surface area contributed by atoms with Crippen molar-refractivity contribution in [3.63, 3.8) is 0 Å². The van der Waals surface area contributed by atoms with Gasteiger partial charge in [0, 0.05) is 11.5 Å². The zero-order valence-electron chi connectivity index (χ0n) is 22.2. The van der Waals surface area contributed by atoms with Gasteiger partial charge in [0.1, 0.15) is 12.2 Å². The summed E-state index contributed by atoms with van der Waals surface area (Å²) in [5, 5.41) is 32.5. The van der Waals surface area contributed by atoms with E-state index in [4.69, 9.17) is 9.47 Å². The summed E-state index contributed by atoms with van der Waals surface area (Å²) >= 11 is 0. The Balaban J connectivity index is 1.66. The molecule has 9 atom stereocenters. The lowest BCUT2D eigenvalue weighted by Crippen LogP contribution is -2.33. The second kappa shape index (κ2) is 11.1. The minimum Gasteiger partial charge on any atom is -0.457 e. The van der Waals surface area contributed by atoms with Gasteiger partial charge in [0.05, 0.1) is 30.1 Å². The monoisotopic (exact) mass is 512 g/mol. The fourth-order valence-electron chi connectivity index (χ4n) is 6.22. The van der Waals surface area contributed by atoms with Crippen LogP contribution < -0.4 is 0 Å². The molecule has 0 bridgehead atoms. The SMILES string of the molecule is C=C1C(=O)O[C@@H]2/C=C(/C)[C@H](C[C@@H]3C(=O)O[C@@H]4/C=C(/C)[C@H](O)CC/C(C)=C/[C@H](O)[C@@H]34)CC/C(C)=C/[C@@H](O)[C@@H]12. The summed E-state index contributed by atoms with van der Waals surface area (Å²) in [4.78, 5) is 25.5. The van der Waals surface area contributed by atoms with Gasteiger partial charge in [-0.05, 0) is 83.4 Å². The molecule has 0 aromatic rings. The molecule has 2 aliphatic carbocycles. The van der Waals surface area contributed by atoms with Crippen molar-refractivity contribution in [2.75, 3.05) is 0 Å². The second-order valence-corrected chi connectivity index (χ2v) is 11.4. The summed E-state index contributed by atoms with van der Waals surface area (Å²) in [5.74, 6) is -2.42. The van der Waals surface area contributed by atoms with E-state index in [1.807, 2.05) is 33.8 Å². The summed E-state index contributed by atoms with van der Waals surface area (Å²) in [5.41, 5.74) is 3.95. The molecule has 7 nitrogen and oxygen atoms in total. The highest BCUT2D eigenvalue weighted by atomic mass is 16.6. The molecule has 0 spiro atoms. The van der Waals surface area contributed by atoms with Crippen LogP contribution in [-0.2, 0) is 19.1 Å². The van der Waals surface area contributed by atoms with Gasteiger partial charge in [0.25, 0.3) is 0 Å². The number of aliphatic hydroxyl groups excluding tert-OH is 3. The van der Waals surface area contributed by atoms with E-state index in [-0.39, 0.29) is 17.5 Å². The molecular formula is C30H40O7. The number of ether oxygens (including phenoxy) is 2. The largest absolute Gasteiger partial charge is 0.457 e. The van der Waals surface area contributed by atoms with Crippen LogP contribution in [0.5, 0.6) is 0 Å². The van der Waals surface area contributed by atoms with Gasteiger partial charge in [0.15, 0.2) is 0 Å². The van der Waals surface area contributed by atoms with Crippen LogP contribution in [-0.4, -0.2) is 57.8 Å². The molecule has 3 N–H and O–H groups in total. The van der Waals surface area contributed by atoms with Gasteiger partial charge in [0.2, 0.25) is 0 Å². The van der Waals surface area contributed by atoms with Crippen LogP contribution in [0.4, 0.5) is 0 Å². The second-order valence-electron chi connectivity index (χ2n) is 11.4. The first kappa shape index (κ1) is 27.6. The molecule has 4 rings (SSSR count). The number of esters is 2. The van der Waals surface area contributed by atoms with E-state index in [1.165, 1.54) is 0 Å². The van der Waals surface area contributed by atoms with Crippen LogP contribution >= 0.6 is 0 Å². The molecule has 4 aliphatic rings. The average molecular weight is 513 g/mol. The molecule has 0 radical (unpaired) electrons. The smallest absolute Gasteiger partial charge is 0.334 e. The van der Waals surface area contributed by atoms with Gasteiger partial charge in [-0.1, -0.05) is 35.5 Å². The number of allylic oxidation sites excluding steroid dienone is 3. The molecule has 0 saturated carbocycles. The van der Waals surface area contributed by atoms with Crippen molar-refractivity contribution in [1.29, 1.82) is 0 Å². The van der Waals surface area contributed by atoms with Crippen molar-refractivity contribution >= 4 is 11.9 Å². The average Bonchev–Trinajstić information content (AvgIpc) is 3.27. The first-order chi connectivity index (χ1) is 17.5. The molecule has 0 aromatic carbocycles. The Labute approximate surface area is 219 Å². The predicted molar refractivity (Wildman–Crippen MR) is 139 cm³/mol. The van der Waals surface area contributed by atoms with Crippen molar-refractivity contribution in [1.82, 2.24) is 0 Å².